The zero-order valence-corrected chi connectivity index (χ0v) is 26.0. The lowest BCUT2D eigenvalue weighted by Gasteiger charge is -2.31. The summed E-state index contributed by atoms with van der Waals surface area (Å²) in [5.74, 6) is -2.42. The molecule has 1 saturated heterocycles. The van der Waals surface area contributed by atoms with Crippen molar-refractivity contribution >= 4 is 39.8 Å². The molecule has 2 aliphatic heterocycles. The third-order valence-electron chi connectivity index (χ3n) is 7.98. The van der Waals surface area contributed by atoms with Gasteiger partial charge in [0.15, 0.2) is 0 Å². The smallest absolute Gasteiger partial charge is 0.318 e. The summed E-state index contributed by atoms with van der Waals surface area (Å²) in [4.78, 5) is 28.7. The van der Waals surface area contributed by atoms with Crippen LogP contribution in [0.5, 0.6) is 6.01 Å². The number of carbonyl (C=O) groups is 1. The van der Waals surface area contributed by atoms with Crippen molar-refractivity contribution in [2.24, 2.45) is 0 Å². The Morgan fingerprint density at radius 3 is 2.70 bits per heavy atom. The molecule has 0 aliphatic carbocycles. The molecule has 3 aromatic rings. The van der Waals surface area contributed by atoms with Gasteiger partial charge in [-0.05, 0) is 50.9 Å². The van der Waals surface area contributed by atoms with E-state index in [0.717, 1.165) is 34.3 Å². The van der Waals surface area contributed by atoms with Gasteiger partial charge in [-0.3, -0.25) is 9.69 Å². The van der Waals surface area contributed by atoms with Crippen LogP contribution in [0.3, 0.4) is 0 Å². The summed E-state index contributed by atoms with van der Waals surface area (Å²) < 4.78 is 33.0. The van der Waals surface area contributed by atoms with Gasteiger partial charge in [0.2, 0.25) is 12.5 Å². The quantitative estimate of drug-likeness (QED) is 0.262. The Balaban J connectivity index is 0.000000314. The van der Waals surface area contributed by atoms with Crippen LogP contribution >= 0.6 is 11.6 Å². The molecule has 2 aromatic carbocycles. The Bertz CT molecular complexity index is 1540. The fourth-order valence-electron chi connectivity index (χ4n) is 5.69. The van der Waals surface area contributed by atoms with Gasteiger partial charge < -0.3 is 25.1 Å². The zero-order chi connectivity index (χ0) is 32.0. The van der Waals surface area contributed by atoms with Crippen LogP contribution in [0.1, 0.15) is 31.5 Å². The van der Waals surface area contributed by atoms with Crippen molar-refractivity contribution in [3.8, 4) is 6.01 Å². The van der Waals surface area contributed by atoms with E-state index in [1.807, 2.05) is 44.2 Å². The predicted octanol–water partition coefficient (Wildman–Crippen LogP) is 5.47. The van der Waals surface area contributed by atoms with E-state index in [1.54, 1.807) is 16.8 Å². The molecule has 0 spiro atoms. The molecule has 0 radical (unpaired) electrons. The first kappa shape index (κ1) is 32.9. The highest BCUT2D eigenvalue weighted by molar-refractivity contribution is 6.36. The lowest BCUT2D eigenvalue weighted by Crippen LogP contribution is -2.38. The number of likely N-dealkylation sites (tertiary alicyclic amines) is 1. The monoisotopic (exact) mass is 625 g/mol. The number of nitrogen functional groups attached to an aromatic ring is 1. The Hall–Kier alpha value is -4.01. The standard InChI is InChI=1S/C23H24ClF2N5O.C9H14N2O/c1-30-13-23(25,26)10-15(30)12-32-22-28-18-11-31(9-8-16(18)21(27)29-22)19-7-3-5-14-4-2-6-17(24)20(14)19;1-5-9(12)11(6-2)8(3)7-10-4/h2-7,15H,8-13H2,1H3,(H2,27,28,29);5,8H,1,6-7H2,2-3H3/t15-;8-/m01/s1. The predicted molar refractivity (Wildman–Crippen MR) is 170 cm³/mol. The fraction of sp³-hybridized carbons (Fsp3) is 0.438. The van der Waals surface area contributed by atoms with Gasteiger partial charge in [-0.2, -0.15) is 9.97 Å². The van der Waals surface area contributed by atoms with Crippen LogP contribution in [0.15, 0.2) is 49.1 Å². The van der Waals surface area contributed by atoms with Crippen molar-refractivity contribution in [1.82, 2.24) is 19.8 Å². The van der Waals surface area contributed by atoms with Gasteiger partial charge in [0.25, 0.3) is 5.92 Å². The van der Waals surface area contributed by atoms with Gasteiger partial charge in [-0.25, -0.2) is 15.4 Å². The summed E-state index contributed by atoms with van der Waals surface area (Å²) in [5, 5.41) is 2.78. The number of nitrogens with two attached hydrogens (primary N) is 1. The average Bonchev–Trinajstić information content (AvgIpc) is 3.27. The van der Waals surface area contributed by atoms with Gasteiger partial charge in [-0.15, -0.1) is 0 Å². The molecule has 234 valence electrons. The molecule has 5 rings (SSSR count). The number of anilines is 2. The molecule has 1 fully saturated rings. The molecule has 2 atom stereocenters. The molecule has 2 aliphatic rings. The van der Waals surface area contributed by atoms with E-state index in [0.29, 0.717) is 36.9 Å². The molecule has 1 amide bonds. The number of fused-ring (bicyclic) bond motifs is 2. The highest BCUT2D eigenvalue weighted by Gasteiger charge is 2.43. The first-order valence-electron chi connectivity index (χ1n) is 14.5. The zero-order valence-electron chi connectivity index (χ0n) is 25.3. The molecule has 3 heterocycles. The van der Waals surface area contributed by atoms with E-state index in [1.165, 1.54) is 6.08 Å². The average molecular weight is 626 g/mol. The molecule has 0 unspecified atom stereocenters. The van der Waals surface area contributed by atoms with Crippen LogP contribution in [0.2, 0.25) is 5.02 Å². The van der Waals surface area contributed by atoms with Crippen LogP contribution in [-0.2, 0) is 17.8 Å². The van der Waals surface area contributed by atoms with Crippen molar-refractivity contribution in [2.75, 3.05) is 50.5 Å². The van der Waals surface area contributed by atoms with Gasteiger partial charge >= 0.3 is 6.01 Å². The molecule has 0 bridgehead atoms. The van der Waals surface area contributed by atoms with Crippen molar-refractivity contribution in [3.63, 3.8) is 0 Å². The number of ether oxygens (including phenoxy) is 1. The number of nitrogens with zero attached hydrogens (tertiary/aromatic N) is 6. The second-order valence-electron chi connectivity index (χ2n) is 11.1. The number of rotatable bonds is 8. The number of amides is 1. The summed E-state index contributed by atoms with van der Waals surface area (Å²) in [6.07, 6.45) is 1.74. The minimum absolute atomic E-state index is 0.0157. The SMILES string of the molecule is CN1CC(F)(F)C[C@H]1COc1nc(N)c2c(n1)CN(c1cccc3cccc(Cl)c13)CC2.[C-]#[N+]C[C@@H](C)N(CC)C(=O)C=C. The largest absolute Gasteiger partial charge is 0.462 e. The molecule has 9 nitrogen and oxygen atoms in total. The van der Waals surface area contributed by atoms with E-state index in [2.05, 4.69) is 32.4 Å². The maximum Gasteiger partial charge on any atom is 0.318 e. The van der Waals surface area contributed by atoms with Crippen LogP contribution in [0.25, 0.3) is 15.6 Å². The summed E-state index contributed by atoms with van der Waals surface area (Å²) >= 11 is 6.52. The molecule has 0 saturated carbocycles. The van der Waals surface area contributed by atoms with Crippen LogP contribution in [-0.4, -0.2) is 83.5 Å². The van der Waals surface area contributed by atoms with Crippen molar-refractivity contribution in [3.05, 3.63) is 76.8 Å². The molecular formula is C32H38ClF2N7O2. The Morgan fingerprint density at radius 2 is 2.07 bits per heavy atom. The van der Waals surface area contributed by atoms with Gasteiger partial charge in [0, 0.05) is 42.2 Å². The van der Waals surface area contributed by atoms with Crippen LogP contribution in [0.4, 0.5) is 20.3 Å². The topological polar surface area (TPSA) is 92.2 Å². The number of aromatic nitrogens is 2. The van der Waals surface area contributed by atoms with E-state index < -0.39 is 5.92 Å². The van der Waals surface area contributed by atoms with Crippen molar-refractivity contribution in [2.45, 2.75) is 51.2 Å². The van der Waals surface area contributed by atoms with E-state index in [9.17, 15) is 13.6 Å². The Kier molecular flexibility index (Phi) is 10.6. The Labute approximate surface area is 262 Å². The summed E-state index contributed by atoms with van der Waals surface area (Å²) in [5.41, 5.74) is 8.92. The number of alkyl halides is 2. The van der Waals surface area contributed by atoms with Crippen molar-refractivity contribution in [1.29, 1.82) is 0 Å². The number of hydrogen-bond donors (Lipinski definition) is 1. The second kappa shape index (κ2) is 14.2. The Morgan fingerprint density at radius 1 is 1.34 bits per heavy atom. The number of benzene rings is 2. The maximum atomic E-state index is 13.6. The summed E-state index contributed by atoms with van der Waals surface area (Å²) in [6.45, 7) is 15.9. The van der Waals surface area contributed by atoms with Crippen molar-refractivity contribution < 1.29 is 18.3 Å². The molecule has 44 heavy (non-hydrogen) atoms. The normalized spacial score (nSPS) is 18.0. The lowest BCUT2D eigenvalue weighted by molar-refractivity contribution is -0.127. The lowest BCUT2D eigenvalue weighted by atomic mass is 10.0. The van der Waals surface area contributed by atoms with Gasteiger partial charge in [0.05, 0.1) is 23.8 Å². The molecule has 1 aromatic heterocycles. The minimum atomic E-state index is -2.70. The second-order valence-corrected chi connectivity index (χ2v) is 11.5. The highest BCUT2D eigenvalue weighted by atomic mass is 35.5. The number of halogens is 3. The number of likely N-dealkylation sites (N-methyl/N-ethyl adjacent to an activating group) is 2. The molecule has 2 N–H and O–H groups in total. The van der Waals surface area contributed by atoms with E-state index in [-0.39, 0.29) is 43.6 Å². The molecule has 12 heteroatoms. The van der Waals surface area contributed by atoms with Crippen LogP contribution < -0.4 is 15.4 Å². The fourth-order valence-corrected chi connectivity index (χ4v) is 5.97. The van der Waals surface area contributed by atoms with Gasteiger partial charge in [-0.1, -0.05) is 42.4 Å². The minimum Gasteiger partial charge on any atom is -0.462 e. The first-order valence-corrected chi connectivity index (χ1v) is 14.9. The first-order chi connectivity index (χ1) is 21.0. The summed E-state index contributed by atoms with van der Waals surface area (Å²) in [6, 6.07) is 11.7. The highest BCUT2D eigenvalue weighted by Crippen LogP contribution is 2.36. The molecular weight excluding hydrogens is 588 g/mol. The third-order valence-corrected chi connectivity index (χ3v) is 8.29. The maximum absolute atomic E-state index is 13.6. The third kappa shape index (κ3) is 7.55. The number of carbonyl (C=O) groups excluding carboxylic acids is 1. The van der Waals surface area contributed by atoms with E-state index >= 15 is 0 Å². The van der Waals surface area contributed by atoms with Gasteiger partial charge in [0.1, 0.15) is 18.5 Å². The number of hydrogen-bond acceptors (Lipinski definition) is 7. The van der Waals surface area contributed by atoms with E-state index in [4.69, 9.17) is 28.6 Å². The van der Waals surface area contributed by atoms with Crippen LogP contribution in [0, 0.1) is 6.57 Å². The summed E-state index contributed by atoms with van der Waals surface area (Å²) in [7, 11) is 1.67.